The molecule has 2 aliphatic heterocycles. The van der Waals surface area contributed by atoms with Crippen molar-refractivity contribution in [1.29, 1.82) is 0 Å². The van der Waals surface area contributed by atoms with Gasteiger partial charge in [-0.15, -0.1) is 0 Å². The molecule has 2 aliphatic rings. The minimum absolute atomic E-state index is 0.117. The Kier molecular flexibility index (Phi) is 7.31. The van der Waals surface area contributed by atoms with Gasteiger partial charge in [0.25, 0.3) is 0 Å². The third-order valence-electron chi connectivity index (χ3n) is 5.67. The molecule has 0 saturated carbocycles. The molecule has 0 N–H and O–H groups in total. The average Bonchev–Trinajstić information content (AvgIpc) is 3.17. The standard InChI is InChI=1S/C22H32N2O4/c1-3-27-19-11-9-17(10-12-19)20-8-6-13-23(20)16-21(25)24-14-5-7-18(15-24)22(26)28-4-2/h9-12,18,20H,3-8,13-16H2,1-2H3/t18-,20+/m1/s1. The van der Waals surface area contributed by atoms with Crippen LogP contribution in [0.25, 0.3) is 0 Å². The van der Waals surface area contributed by atoms with Crippen LogP contribution in [0.3, 0.4) is 0 Å². The third-order valence-corrected chi connectivity index (χ3v) is 5.67. The van der Waals surface area contributed by atoms with E-state index in [2.05, 4.69) is 17.0 Å². The van der Waals surface area contributed by atoms with E-state index in [4.69, 9.17) is 9.47 Å². The van der Waals surface area contributed by atoms with Crippen LogP contribution in [0.5, 0.6) is 5.75 Å². The molecule has 0 aromatic heterocycles. The van der Waals surface area contributed by atoms with Crippen molar-refractivity contribution in [3.05, 3.63) is 29.8 Å². The Balaban J connectivity index is 1.58. The Hall–Kier alpha value is -2.08. The minimum Gasteiger partial charge on any atom is -0.494 e. The fourth-order valence-electron chi connectivity index (χ4n) is 4.28. The molecule has 0 unspecified atom stereocenters. The molecule has 0 radical (unpaired) electrons. The molecule has 2 fully saturated rings. The maximum absolute atomic E-state index is 12.9. The summed E-state index contributed by atoms with van der Waals surface area (Å²) in [4.78, 5) is 29.1. The summed E-state index contributed by atoms with van der Waals surface area (Å²) in [5.41, 5.74) is 1.23. The molecular weight excluding hydrogens is 356 g/mol. The summed E-state index contributed by atoms with van der Waals surface area (Å²) in [6.07, 6.45) is 3.82. The van der Waals surface area contributed by atoms with Crippen molar-refractivity contribution in [1.82, 2.24) is 9.80 Å². The van der Waals surface area contributed by atoms with Crippen molar-refractivity contribution in [3.63, 3.8) is 0 Å². The molecule has 2 saturated heterocycles. The highest BCUT2D eigenvalue weighted by Crippen LogP contribution is 2.32. The molecule has 6 nitrogen and oxygen atoms in total. The number of hydrogen-bond donors (Lipinski definition) is 0. The molecule has 0 aliphatic carbocycles. The summed E-state index contributed by atoms with van der Waals surface area (Å²) in [5.74, 6) is 0.642. The van der Waals surface area contributed by atoms with Crippen LogP contribution in [-0.4, -0.2) is 61.1 Å². The van der Waals surface area contributed by atoms with Crippen LogP contribution in [0.1, 0.15) is 51.1 Å². The Labute approximate surface area is 167 Å². The maximum atomic E-state index is 12.9. The lowest BCUT2D eigenvalue weighted by atomic mass is 9.98. The fraction of sp³-hybridized carbons (Fsp3) is 0.636. The number of benzene rings is 1. The Bertz CT molecular complexity index is 661. The predicted molar refractivity (Wildman–Crippen MR) is 107 cm³/mol. The van der Waals surface area contributed by atoms with Crippen molar-refractivity contribution >= 4 is 11.9 Å². The van der Waals surface area contributed by atoms with Gasteiger partial charge in [-0.2, -0.15) is 0 Å². The highest BCUT2D eigenvalue weighted by molar-refractivity contribution is 5.80. The first-order chi connectivity index (χ1) is 13.6. The molecule has 1 amide bonds. The second kappa shape index (κ2) is 9.92. The van der Waals surface area contributed by atoms with Crippen molar-refractivity contribution in [2.45, 2.75) is 45.6 Å². The Morgan fingerprint density at radius 3 is 2.50 bits per heavy atom. The van der Waals surface area contributed by atoms with Gasteiger partial charge in [0.2, 0.25) is 5.91 Å². The predicted octanol–water partition coefficient (Wildman–Crippen LogP) is 3.02. The van der Waals surface area contributed by atoms with Crippen LogP contribution in [0.15, 0.2) is 24.3 Å². The van der Waals surface area contributed by atoms with Crippen LogP contribution >= 0.6 is 0 Å². The molecule has 3 rings (SSSR count). The van der Waals surface area contributed by atoms with Crippen molar-refractivity contribution in [2.75, 3.05) is 39.4 Å². The number of esters is 1. The molecule has 0 bridgehead atoms. The Morgan fingerprint density at radius 2 is 1.79 bits per heavy atom. The second-order valence-corrected chi connectivity index (χ2v) is 7.56. The van der Waals surface area contributed by atoms with E-state index in [0.717, 1.165) is 44.5 Å². The quantitative estimate of drug-likeness (QED) is 0.672. The largest absolute Gasteiger partial charge is 0.494 e. The van der Waals surface area contributed by atoms with Gasteiger partial charge in [0, 0.05) is 19.1 Å². The molecule has 1 aromatic rings. The van der Waals surface area contributed by atoms with Gasteiger partial charge in [-0.3, -0.25) is 14.5 Å². The number of likely N-dealkylation sites (tertiary alicyclic amines) is 2. The smallest absolute Gasteiger partial charge is 0.310 e. The fourth-order valence-corrected chi connectivity index (χ4v) is 4.28. The number of amides is 1. The molecular formula is C22H32N2O4. The van der Waals surface area contributed by atoms with Gasteiger partial charge in [0.1, 0.15) is 5.75 Å². The number of nitrogens with zero attached hydrogens (tertiary/aromatic N) is 2. The van der Waals surface area contributed by atoms with Crippen molar-refractivity contribution in [3.8, 4) is 5.75 Å². The van der Waals surface area contributed by atoms with Gasteiger partial charge < -0.3 is 14.4 Å². The van der Waals surface area contributed by atoms with Gasteiger partial charge in [0.15, 0.2) is 0 Å². The maximum Gasteiger partial charge on any atom is 0.310 e. The van der Waals surface area contributed by atoms with E-state index < -0.39 is 0 Å². The zero-order chi connectivity index (χ0) is 19.9. The molecule has 2 heterocycles. The first kappa shape index (κ1) is 20.6. The summed E-state index contributed by atoms with van der Waals surface area (Å²) >= 11 is 0. The summed E-state index contributed by atoms with van der Waals surface area (Å²) in [7, 11) is 0. The van der Waals surface area contributed by atoms with E-state index in [1.54, 1.807) is 0 Å². The average molecular weight is 389 g/mol. The van der Waals surface area contributed by atoms with Crippen LogP contribution < -0.4 is 4.74 Å². The highest BCUT2D eigenvalue weighted by Gasteiger charge is 2.32. The van der Waals surface area contributed by atoms with Crippen LogP contribution in [-0.2, 0) is 14.3 Å². The summed E-state index contributed by atoms with van der Waals surface area (Å²) in [6, 6.07) is 8.49. The van der Waals surface area contributed by atoms with Gasteiger partial charge in [-0.25, -0.2) is 0 Å². The molecule has 0 spiro atoms. The van der Waals surface area contributed by atoms with Crippen molar-refractivity contribution in [2.24, 2.45) is 5.92 Å². The van der Waals surface area contributed by atoms with E-state index in [-0.39, 0.29) is 23.8 Å². The zero-order valence-corrected chi connectivity index (χ0v) is 17.1. The van der Waals surface area contributed by atoms with Gasteiger partial charge >= 0.3 is 5.97 Å². The summed E-state index contributed by atoms with van der Waals surface area (Å²) < 4.78 is 10.7. The van der Waals surface area contributed by atoms with Gasteiger partial charge in [-0.05, 0) is 63.8 Å². The first-order valence-corrected chi connectivity index (χ1v) is 10.5. The number of ether oxygens (including phenoxy) is 2. The van der Waals surface area contributed by atoms with Gasteiger partial charge in [0.05, 0.1) is 25.7 Å². The van der Waals surface area contributed by atoms with E-state index in [1.165, 1.54) is 5.56 Å². The van der Waals surface area contributed by atoms with E-state index in [1.807, 2.05) is 30.9 Å². The van der Waals surface area contributed by atoms with E-state index in [0.29, 0.717) is 26.3 Å². The van der Waals surface area contributed by atoms with Crippen LogP contribution in [0.4, 0.5) is 0 Å². The summed E-state index contributed by atoms with van der Waals surface area (Å²) in [5, 5.41) is 0. The number of carbonyl (C=O) groups excluding carboxylic acids is 2. The lowest BCUT2D eigenvalue weighted by Crippen LogP contribution is -2.46. The molecule has 1 aromatic carbocycles. The normalized spacial score (nSPS) is 22.9. The SMILES string of the molecule is CCOC(=O)[C@@H]1CCCN(C(=O)CN2CCC[C@H]2c2ccc(OCC)cc2)C1. The lowest BCUT2D eigenvalue weighted by molar-refractivity contribution is -0.151. The molecule has 2 atom stereocenters. The summed E-state index contributed by atoms with van der Waals surface area (Å²) in [6.45, 7) is 7.40. The van der Waals surface area contributed by atoms with Crippen molar-refractivity contribution < 1.29 is 19.1 Å². The topological polar surface area (TPSA) is 59.1 Å². The number of hydrogen-bond acceptors (Lipinski definition) is 5. The number of piperidine rings is 1. The number of carbonyl (C=O) groups is 2. The number of rotatable bonds is 7. The zero-order valence-electron chi connectivity index (χ0n) is 17.1. The minimum atomic E-state index is -0.182. The van der Waals surface area contributed by atoms with Crippen LogP contribution in [0.2, 0.25) is 0 Å². The van der Waals surface area contributed by atoms with Crippen LogP contribution in [0, 0.1) is 5.92 Å². The monoisotopic (exact) mass is 388 g/mol. The Morgan fingerprint density at radius 1 is 1.04 bits per heavy atom. The molecule has 28 heavy (non-hydrogen) atoms. The van der Waals surface area contributed by atoms with Gasteiger partial charge in [-0.1, -0.05) is 12.1 Å². The first-order valence-electron chi connectivity index (χ1n) is 10.5. The lowest BCUT2D eigenvalue weighted by Gasteiger charge is -2.33. The third kappa shape index (κ3) is 5.04. The molecule has 6 heteroatoms. The van der Waals surface area contributed by atoms with E-state index >= 15 is 0 Å². The van der Waals surface area contributed by atoms with E-state index in [9.17, 15) is 9.59 Å². The highest BCUT2D eigenvalue weighted by atomic mass is 16.5. The molecule has 154 valence electrons. The second-order valence-electron chi connectivity index (χ2n) is 7.56.